The second kappa shape index (κ2) is 3.54. The van der Waals surface area contributed by atoms with Gasteiger partial charge in [0.15, 0.2) is 0 Å². The van der Waals surface area contributed by atoms with Crippen LogP contribution in [-0.2, 0) is 0 Å². The lowest BCUT2D eigenvalue weighted by Gasteiger charge is -2.19. The van der Waals surface area contributed by atoms with Crippen LogP contribution in [0, 0.1) is 0 Å². The number of aliphatic hydroxyl groups is 1. The summed E-state index contributed by atoms with van der Waals surface area (Å²) in [6.45, 7) is 1.97. The molecular weight excluding hydrogens is 304 g/mol. The molecule has 0 saturated heterocycles. The van der Waals surface area contributed by atoms with Crippen LogP contribution in [0.25, 0.3) is 0 Å². The Labute approximate surface area is 74.2 Å². The zero-order chi connectivity index (χ0) is 6.78. The monoisotopic (exact) mass is 308 g/mol. The molecule has 0 rings (SSSR count). The number of halogens is 3. The van der Waals surface area contributed by atoms with E-state index in [2.05, 4.69) is 47.8 Å². The maximum absolute atomic E-state index is 8.90. The summed E-state index contributed by atoms with van der Waals surface area (Å²) < 4.78 is -0.361. The van der Waals surface area contributed by atoms with Crippen LogP contribution in [0.15, 0.2) is 0 Å². The van der Waals surface area contributed by atoms with E-state index in [9.17, 15) is 0 Å². The van der Waals surface area contributed by atoms with E-state index in [0.29, 0.717) is 0 Å². The van der Waals surface area contributed by atoms with Crippen molar-refractivity contribution in [1.82, 2.24) is 0 Å². The first-order valence-electron chi connectivity index (χ1n) is 2.20. The highest BCUT2D eigenvalue weighted by molar-refractivity contribution is 9.26. The average Bonchev–Trinajstić information content (AvgIpc) is 1.67. The minimum atomic E-state index is -0.542. The summed E-state index contributed by atoms with van der Waals surface area (Å²) in [5, 5.41) is 8.36. The minimum Gasteiger partial charge on any atom is -0.379 e. The largest absolute Gasteiger partial charge is 0.379 e. The second-order valence-corrected chi connectivity index (χ2v) is 6.21. The van der Waals surface area contributed by atoms with Gasteiger partial charge in [-0.3, -0.25) is 0 Å². The molecule has 1 unspecified atom stereocenters. The quantitative estimate of drug-likeness (QED) is 0.777. The molecule has 0 spiro atoms. The lowest BCUT2D eigenvalue weighted by atomic mass is 10.4. The fourth-order valence-electron chi connectivity index (χ4n) is 0.168. The summed E-state index contributed by atoms with van der Waals surface area (Å²) in [5.74, 6) is 0. The van der Waals surface area contributed by atoms with Crippen molar-refractivity contribution in [1.29, 1.82) is 0 Å². The molecule has 50 valence electrons. The van der Waals surface area contributed by atoms with E-state index in [4.69, 9.17) is 5.11 Å². The highest BCUT2D eigenvalue weighted by Gasteiger charge is 2.27. The van der Waals surface area contributed by atoms with Gasteiger partial charge in [0.25, 0.3) is 0 Å². The van der Waals surface area contributed by atoms with Gasteiger partial charge in [-0.15, -0.1) is 0 Å². The Balaban J connectivity index is 3.71. The molecule has 1 atom stereocenters. The third kappa shape index (κ3) is 2.80. The fourth-order valence-corrected chi connectivity index (χ4v) is 0.492. The van der Waals surface area contributed by atoms with Crippen molar-refractivity contribution >= 4 is 47.8 Å². The Morgan fingerprint density at radius 3 is 2.00 bits per heavy atom. The minimum absolute atomic E-state index is 0.361. The molecule has 0 aliphatic heterocycles. The highest BCUT2D eigenvalue weighted by Crippen LogP contribution is 2.36. The van der Waals surface area contributed by atoms with Crippen molar-refractivity contribution in [2.24, 2.45) is 0 Å². The van der Waals surface area contributed by atoms with Crippen LogP contribution in [0.1, 0.15) is 13.3 Å². The van der Waals surface area contributed by atoms with E-state index in [1.165, 1.54) is 0 Å². The van der Waals surface area contributed by atoms with Crippen LogP contribution in [0.3, 0.4) is 0 Å². The standard InChI is InChI=1S/C4H7Br3O/c1-2-4(6,7)3(5)8/h3,8H,2H2,1H3. The van der Waals surface area contributed by atoms with Crippen molar-refractivity contribution in [3.63, 3.8) is 0 Å². The predicted octanol–water partition coefficient (Wildman–Crippen LogP) is 2.60. The molecule has 8 heavy (non-hydrogen) atoms. The third-order valence-electron chi connectivity index (χ3n) is 0.820. The molecule has 1 nitrogen and oxygen atoms in total. The number of hydrogen-bond acceptors (Lipinski definition) is 1. The van der Waals surface area contributed by atoms with Gasteiger partial charge in [0, 0.05) is 0 Å². The van der Waals surface area contributed by atoms with E-state index in [1.807, 2.05) is 6.92 Å². The molecule has 0 aliphatic rings. The maximum atomic E-state index is 8.90. The highest BCUT2D eigenvalue weighted by atomic mass is 79.9. The van der Waals surface area contributed by atoms with Gasteiger partial charge in [-0.05, 0) is 6.42 Å². The lowest BCUT2D eigenvalue weighted by Crippen LogP contribution is -2.22. The molecular formula is C4H7Br3O. The number of aliphatic hydroxyl groups excluding tert-OH is 1. The summed E-state index contributed by atoms with van der Waals surface area (Å²) in [6, 6.07) is 0. The maximum Gasteiger partial charge on any atom is 0.134 e. The van der Waals surface area contributed by atoms with E-state index >= 15 is 0 Å². The van der Waals surface area contributed by atoms with Crippen LogP contribution in [0.2, 0.25) is 0 Å². The zero-order valence-corrected chi connectivity index (χ0v) is 9.12. The first kappa shape index (κ1) is 9.40. The van der Waals surface area contributed by atoms with Gasteiger partial charge in [0.1, 0.15) is 8.25 Å². The first-order chi connectivity index (χ1) is 3.50. The summed E-state index contributed by atoms with van der Waals surface area (Å²) in [5.41, 5.74) is 0. The van der Waals surface area contributed by atoms with E-state index in [-0.39, 0.29) is 3.23 Å². The van der Waals surface area contributed by atoms with Gasteiger partial charge in [0.05, 0.1) is 0 Å². The Bertz CT molecular complexity index is 71.7. The van der Waals surface area contributed by atoms with E-state index < -0.39 is 5.01 Å². The Kier molecular flexibility index (Phi) is 4.16. The van der Waals surface area contributed by atoms with Crippen molar-refractivity contribution in [2.45, 2.75) is 21.6 Å². The Morgan fingerprint density at radius 1 is 1.62 bits per heavy atom. The molecule has 0 radical (unpaired) electrons. The Hall–Kier alpha value is 1.40. The summed E-state index contributed by atoms with van der Waals surface area (Å²) in [4.78, 5) is 0. The molecule has 0 amide bonds. The van der Waals surface area contributed by atoms with Crippen molar-refractivity contribution in [3.8, 4) is 0 Å². The van der Waals surface area contributed by atoms with Gasteiger partial charge >= 0.3 is 0 Å². The van der Waals surface area contributed by atoms with E-state index in [0.717, 1.165) is 6.42 Å². The van der Waals surface area contributed by atoms with Gasteiger partial charge < -0.3 is 5.11 Å². The topological polar surface area (TPSA) is 20.2 Å². The molecule has 0 aliphatic carbocycles. The first-order valence-corrected chi connectivity index (χ1v) is 4.71. The van der Waals surface area contributed by atoms with Crippen molar-refractivity contribution in [3.05, 3.63) is 0 Å². The third-order valence-corrected chi connectivity index (χ3v) is 4.82. The molecule has 0 bridgehead atoms. The van der Waals surface area contributed by atoms with Crippen molar-refractivity contribution < 1.29 is 5.11 Å². The number of rotatable bonds is 2. The molecule has 0 fully saturated rings. The molecule has 0 saturated carbocycles. The molecule has 0 aromatic heterocycles. The SMILES string of the molecule is CCC(Br)(Br)C(O)Br. The van der Waals surface area contributed by atoms with Crippen LogP contribution in [0.4, 0.5) is 0 Å². The Morgan fingerprint density at radius 2 is 2.00 bits per heavy atom. The normalized spacial score (nSPS) is 16.1. The van der Waals surface area contributed by atoms with Crippen LogP contribution < -0.4 is 0 Å². The molecule has 0 aromatic rings. The molecule has 1 N–H and O–H groups in total. The summed E-state index contributed by atoms with van der Waals surface area (Å²) in [6.07, 6.45) is 0.819. The smallest absolute Gasteiger partial charge is 0.134 e. The molecule has 0 heterocycles. The van der Waals surface area contributed by atoms with Crippen LogP contribution in [0.5, 0.6) is 0 Å². The lowest BCUT2D eigenvalue weighted by molar-refractivity contribution is 0.258. The fraction of sp³-hybridized carbons (Fsp3) is 1.00. The second-order valence-electron chi connectivity index (χ2n) is 1.45. The van der Waals surface area contributed by atoms with E-state index in [1.54, 1.807) is 0 Å². The van der Waals surface area contributed by atoms with Crippen LogP contribution >= 0.6 is 47.8 Å². The average molecular weight is 311 g/mol. The van der Waals surface area contributed by atoms with Gasteiger partial charge in [0.2, 0.25) is 0 Å². The summed E-state index contributed by atoms with van der Waals surface area (Å²) in [7, 11) is 0. The zero-order valence-electron chi connectivity index (χ0n) is 4.37. The molecule has 4 heteroatoms. The summed E-state index contributed by atoms with van der Waals surface area (Å²) >= 11 is 9.55. The van der Waals surface area contributed by atoms with Gasteiger partial charge in [-0.2, -0.15) is 0 Å². The van der Waals surface area contributed by atoms with Crippen LogP contribution in [-0.4, -0.2) is 13.4 Å². The number of alkyl halides is 3. The van der Waals surface area contributed by atoms with Gasteiger partial charge in [-0.1, -0.05) is 54.7 Å². The number of hydrogen-bond donors (Lipinski definition) is 1. The predicted molar refractivity (Wildman–Crippen MR) is 45.8 cm³/mol. The molecule has 0 aromatic carbocycles. The van der Waals surface area contributed by atoms with Crippen molar-refractivity contribution in [2.75, 3.05) is 0 Å². The van der Waals surface area contributed by atoms with Gasteiger partial charge in [-0.25, -0.2) is 0 Å².